The van der Waals surface area contributed by atoms with E-state index in [-0.39, 0.29) is 0 Å². The maximum atomic E-state index is 5.83. The van der Waals surface area contributed by atoms with Gasteiger partial charge in [-0.25, -0.2) is 0 Å². The van der Waals surface area contributed by atoms with Crippen LogP contribution in [0.15, 0.2) is 30.5 Å². The van der Waals surface area contributed by atoms with Gasteiger partial charge < -0.3 is 4.90 Å². The van der Waals surface area contributed by atoms with Crippen molar-refractivity contribution in [2.75, 3.05) is 14.1 Å². The number of benzene rings is 1. The van der Waals surface area contributed by atoms with E-state index < -0.39 is 0 Å². The summed E-state index contributed by atoms with van der Waals surface area (Å²) in [6.07, 6.45) is 3.73. The topological polar surface area (TPSA) is 46.8 Å². The molecule has 88 valence electrons. The summed E-state index contributed by atoms with van der Waals surface area (Å²) in [5.41, 5.74) is 0.873. The third-order valence-electron chi connectivity index (χ3n) is 2.09. The van der Waals surface area contributed by atoms with E-state index in [1.54, 1.807) is 16.8 Å². The van der Waals surface area contributed by atoms with Crippen molar-refractivity contribution >= 4 is 17.7 Å². The Hall–Kier alpha value is -1.88. The molecule has 5 nitrogen and oxygen atoms in total. The zero-order chi connectivity index (χ0) is 12.3. The minimum absolute atomic E-state index is 0.668. The van der Waals surface area contributed by atoms with Gasteiger partial charge in [0.1, 0.15) is 0 Å². The summed E-state index contributed by atoms with van der Waals surface area (Å²) in [6.45, 7) is 0. The van der Waals surface area contributed by atoms with E-state index in [0.29, 0.717) is 10.8 Å². The molecule has 0 aliphatic heterocycles. The summed E-state index contributed by atoms with van der Waals surface area (Å²) in [6, 6.07) is 7.34. The van der Waals surface area contributed by atoms with Gasteiger partial charge in [-0.1, -0.05) is 11.6 Å². The van der Waals surface area contributed by atoms with E-state index in [1.165, 1.54) is 0 Å². The molecule has 0 aliphatic rings. The van der Waals surface area contributed by atoms with Crippen LogP contribution in [0.4, 0.5) is 0 Å². The summed E-state index contributed by atoms with van der Waals surface area (Å²) >= 11 is 5.83. The molecule has 0 unspecified atom stereocenters. The molecule has 1 aromatic heterocycles. The molecule has 0 saturated heterocycles. The molecule has 0 N–H and O–H groups in total. The fourth-order valence-electron chi connectivity index (χ4n) is 1.28. The minimum Gasteiger partial charge on any atom is -0.383 e. The van der Waals surface area contributed by atoms with E-state index in [1.807, 2.05) is 43.4 Å². The van der Waals surface area contributed by atoms with Crippen molar-refractivity contribution in [1.29, 1.82) is 0 Å². The van der Waals surface area contributed by atoms with Gasteiger partial charge in [-0.2, -0.15) is 4.68 Å². The van der Waals surface area contributed by atoms with Crippen LogP contribution < -0.4 is 0 Å². The van der Waals surface area contributed by atoms with Crippen LogP contribution in [0.5, 0.6) is 0 Å². The van der Waals surface area contributed by atoms with Crippen molar-refractivity contribution in [1.82, 2.24) is 25.1 Å². The average molecular weight is 250 g/mol. The van der Waals surface area contributed by atoms with Crippen LogP contribution in [-0.4, -0.2) is 39.2 Å². The second-order valence-electron chi connectivity index (χ2n) is 3.70. The number of nitrogens with zero attached hydrogens (tertiary/aromatic N) is 5. The zero-order valence-corrected chi connectivity index (χ0v) is 10.3. The lowest BCUT2D eigenvalue weighted by Crippen LogP contribution is -2.02. The SMILES string of the molecule is CN(C)/C=C/c1nnnn1-c1ccc(Cl)cc1. The van der Waals surface area contributed by atoms with E-state index in [2.05, 4.69) is 15.5 Å². The molecule has 0 atom stereocenters. The summed E-state index contributed by atoms with van der Waals surface area (Å²) in [7, 11) is 3.87. The number of rotatable bonds is 3. The second kappa shape index (κ2) is 4.97. The van der Waals surface area contributed by atoms with Gasteiger partial charge >= 0.3 is 0 Å². The Balaban J connectivity index is 2.33. The van der Waals surface area contributed by atoms with Crippen LogP contribution in [-0.2, 0) is 0 Å². The molecule has 0 spiro atoms. The lowest BCUT2D eigenvalue weighted by atomic mass is 10.3. The normalized spacial score (nSPS) is 11.0. The molecule has 0 amide bonds. The highest BCUT2D eigenvalue weighted by molar-refractivity contribution is 6.30. The lowest BCUT2D eigenvalue weighted by Gasteiger charge is -2.04. The Kier molecular flexibility index (Phi) is 3.39. The molecule has 0 bridgehead atoms. The van der Waals surface area contributed by atoms with Crippen LogP contribution in [0.1, 0.15) is 5.82 Å². The molecule has 0 radical (unpaired) electrons. The lowest BCUT2D eigenvalue weighted by molar-refractivity contribution is 0.567. The molecule has 0 saturated carbocycles. The standard InChI is InChI=1S/C11H12ClN5/c1-16(2)8-7-11-13-14-15-17(11)10-5-3-9(12)4-6-10/h3-8H,1-2H3/b8-7+. The highest BCUT2D eigenvalue weighted by atomic mass is 35.5. The summed E-state index contributed by atoms with van der Waals surface area (Å²) in [5.74, 6) is 0.668. The number of aromatic nitrogens is 4. The Morgan fingerprint density at radius 3 is 2.59 bits per heavy atom. The minimum atomic E-state index is 0.668. The van der Waals surface area contributed by atoms with Gasteiger partial charge in [0, 0.05) is 31.4 Å². The van der Waals surface area contributed by atoms with Gasteiger partial charge in [0.15, 0.2) is 5.82 Å². The van der Waals surface area contributed by atoms with Crippen LogP contribution in [0.25, 0.3) is 11.8 Å². The maximum Gasteiger partial charge on any atom is 0.181 e. The number of hydrogen-bond acceptors (Lipinski definition) is 4. The first-order valence-electron chi connectivity index (χ1n) is 5.06. The zero-order valence-electron chi connectivity index (χ0n) is 9.58. The van der Waals surface area contributed by atoms with Gasteiger partial charge in [0.2, 0.25) is 0 Å². The van der Waals surface area contributed by atoms with Crippen molar-refractivity contribution in [3.63, 3.8) is 0 Å². The van der Waals surface area contributed by atoms with E-state index in [0.717, 1.165) is 5.69 Å². The highest BCUT2D eigenvalue weighted by Crippen LogP contribution is 2.13. The highest BCUT2D eigenvalue weighted by Gasteiger charge is 2.04. The first kappa shape index (κ1) is 11.6. The monoisotopic (exact) mass is 249 g/mol. The van der Waals surface area contributed by atoms with Gasteiger partial charge in [-0.15, -0.1) is 5.10 Å². The van der Waals surface area contributed by atoms with Crippen molar-refractivity contribution in [3.05, 3.63) is 41.3 Å². The van der Waals surface area contributed by atoms with Gasteiger partial charge in [-0.3, -0.25) is 0 Å². The van der Waals surface area contributed by atoms with Gasteiger partial charge in [0.05, 0.1) is 5.69 Å². The predicted molar refractivity (Wildman–Crippen MR) is 66.9 cm³/mol. The fourth-order valence-corrected chi connectivity index (χ4v) is 1.41. The van der Waals surface area contributed by atoms with E-state index in [4.69, 9.17) is 11.6 Å². The Bertz CT molecular complexity index is 515. The average Bonchev–Trinajstić information content (AvgIpc) is 2.75. The summed E-state index contributed by atoms with van der Waals surface area (Å²) in [5, 5.41) is 12.2. The van der Waals surface area contributed by atoms with Crippen LogP contribution in [0.2, 0.25) is 5.02 Å². The first-order chi connectivity index (χ1) is 8.16. The first-order valence-corrected chi connectivity index (χ1v) is 5.43. The number of tetrazole rings is 1. The van der Waals surface area contributed by atoms with Crippen molar-refractivity contribution < 1.29 is 0 Å². The fraction of sp³-hybridized carbons (Fsp3) is 0.182. The molecule has 1 aromatic carbocycles. The molecule has 2 aromatic rings. The van der Waals surface area contributed by atoms with Crippen molar-refractivity contribution in [2.24, 2.45) is 0 Å². The number of halogens is 1. The van der Waals surface area contributed by atoms with Crippen LogP contribution in [0.3, 0.4) is 0 Å². The molecular formula is C11H12ClN5. The molecule has 2 rings (SSSR count). The molecule has 6 heteroatoms. The largest absolute Gasteiger partial charge is 0.383 e. The third kappa shape index (κ3) is 2.82. The van der Waals surface area contributed by atoms with E-state index >= 15 is 0 Å². The quantitative estimate of drug-likeness (QED) is 0.833. The molecule has 0 fully saturated rings. The Morgan fingerprint density at radius 2 is 1.94 bits per heavy atom. The van der Waals surface area contributed by atoms with Crippen molar-refractivity contribution in [3.8, 4) is 5.69 Å². The molecule has 17 heavy (non-hydrogen) atoms. The summed E-state index contributed by atoms with van der Waals surface area (Å²) in [4.78, 5) is 1.92. The number of hydrogen-bond donors (Lipinski definition) is 0. The van der Waals surface area contributed by atoms with Crippen molar-refractivity contribution in [2.45, 2.75) is 0 Å². The Labute approximate surface area is 104 Å². The summed E-state index contributed by atoms with van der Waals surface area (Å²) < 4.78 is 1.65. The second-order valence-corrected chi connectivity index (χ2v) is 4.14. The molecular weight excluding hydrogens is 238 g/mol. The molecule has 0 aliphatic carbocycles. The van der Waals surface area contributed by atoms with Gasteiger partial charge in [-0.05, 0) is 34.7 Å². The van der Waals surface area contributed by atoms with E-state index in [9.17, 15) is 0 Å². The Morgan fingerprint density at radius 1 is 1.24 bits per heavy atom. The molecule has 1 heterocycles. The van der Waals surface area contributed by atoms with Gasteiger partial charge in [0.25, 0.3) is 0 Å². The predicted octanol–water partition coefficient (Wildman–Crippen LogP) is 1.85. The smallest absolute Gasteiger partial charge is 0.181 e. The van der Waals surface area contributed by atoms with Crippen LogP contribution >= 0.6 is 11.6 Å². The maximum absolute atomic E-state index is 5.83. The van der Waals surface area contributed by atoms with Crippen LogP contribution in [0, 0.1) is 0 Å². The third-order valence-corrected chi connectivity index (χ3v) is 2.34.